The molecule has 0 aromatic heterocycles. The first-order chi connectivity index (χ1) is 16.9. The first-order valence-electron chi connectivity index (χ1n) is 12.0. The molecule has 5 nitrogen and oxygen atoms in total. The minimum Gasteiger partial charge on any atom is -0.399 e. The molecule has 1 aliphatic heterocycles. The number of piperidine rings is 1. The number of anilines is 1. The molecule has 1 fully saturated rings. The maximum absolute atomic E-state index is 13.4. The van der Waals surface area contributed by atoms with Crippen LogP contribution in [0.15, 0.2) is 72.8 Å². The summed E-state index contributed by atoms with van der Waals surface area (Å²) < 4.78 is 26.9. The fourth-order valence-corrected chi connectivity index (χ4v) is 4.69. The number of amides is 1. The van der Waals surface area contributed by atoms with Crippen molar-refractivity contribution in [3.05, 3.63) is 101 Å². The predicted octanol–water partition coefficient (Wildman–Crippen LogP) is 5.17. The lowest BCUT2D eigenvalue weighted by molar-refractivity contribution is 0.0373. The quantitative estimate of drug-likeness (QED) is 0.337. The molecule has 9 heteroatoms. The Bertz CT molecular complexity index is 1070. The lowest BCUT2D eigenvalue weighted by Gasteiger charge is -2.36. The molecular weight excluding hydrogens is 519 g/mol. The Morgan fingerprint density at radius 2 is 1.49 bits per heavy atom. The van der Waals surface area contributed by atoms with Crippen molar-refractivity contribution in [2.45, 2.75) is 37.3 Å². The summed E-state index contributed by atoms with van der Waals surface area (Å²) in [5.41, 5.74) is 8.76. The van der Waals surface area contributed by atoms with Crippen LogP contribution in [0.5, 0.6) is 0 Å². The van der Waals surface area contributed by atoms with Crippen LogP contribution in [0.4, 0.5) is 14.5 Å². The number of nitrogens with one attached hydrogen (secondary N) is 1. The molecule has 0 aliphatic carbocycles. The number of rotatable bonds is 8. The van der Waals surface area contributed by atoms with Gasteiger partial charge in [-0.15, -0.1) is 24.8 Å². The Morgan fingerprint density at radius 3 is 2.00 bits per heavy atom. The van der Waals surface area contributed by atoms with Gasteiger partial charge in [0.05, 0.1) is 12.1 Å². The van der Waals surface area contributed by atoms with Gasteiger partial charge in [0.2, 0.25) is 0 Å². The smallest absolute Gasteiger partial charge is 0.251 e. The van der Waals surface area contributed by atoms with Crippen LogP contribution in [0.2, 0.25) is 0 Å². The van der Waals surface area contributed by atoms with E-state index in [1.54, 1.807) is 48.5 Å². The Morgan fingerprint density at radius 1 is 0.946 bits per heavy atom. The van der Waals surface area contributed by atoms with Gasteiger partial charge in [-0.2, -0.15) is 0 Å². The Balaban J connectivity index is 0.00000241. The van der Waals surface area contributed by atoms with E-state index in [2.05, 4.69) is 10.2 Å². The highest BCUT2D eigenvalue weighted by atomic mass is 35.5. The summed E-state index contributed by atoms with van der Waals surface area (Å²) in [5, 5.41) is 13.6. The number of nitrogens with zero attached hydrogens (tertiary/aromatic N) is 1. The molecule has 0 unspecified atom stereocenters. The minimum atomic E-state index is -0.661. The topological polar surface area (TPSA) is 78.6 Å². The van der Waals surface area contributed by atoms with Gasteiger partial charge in [-0.25, -0.2) is 8.78 Å². The number of benzene rings is 3. The van der Waals surface area contributed by atoms with Crippen molar-refractivity contribution >= 4 is 36.4 Å². The van der Waals surface area contributed by atoms with Crippen LogP contribution in [-0.4, -0.2) is 47.7 Å². The van der Waals surface area contributed by atoms with Gasteiger partial charge in [0.25, 0.3) is 5.91 Å². The zero-order chi connectivity index (χ0) is 24.8. The second-order valence-corrected chi connectivity index (χ2v) is 9.16. The summed E-state index contributed by atoms with van der Waals surface area (Å²) in [4.78, 5) is 14.7. The number of aliphatic hydroxyl groups excluding tert-OH is 1. The van der Waals surface area contributed by atoms with E-state index in [0.29, 0.717) is 24.2 Å². The minimum absolute atomic E-state index is 0. The molecule has 3 aromatic carbocycles. The maximum Gasteiger partial charge on any atom is 0.251 e. The molecule has 0 saturated carbocycles. The third-order valence-electron chi connectivity index (χ3n) is 6.67. The van der Waals surface area contributed by atoms with E-state index in [1.807, 2.05) is 0 Å². The molecule has 0 bridgehead atoms. The van der Waals surface area contributed by atoms with Gasteiger partial charge < -0.3 is 21.1 Å². The van der Waals surface area contributed by atoms with Crippen molar-refractivity contribution in [3.63, 3.8) is 0 Å². The predicted molar refractivity (Wildman–Crippen MR) is 148 cm³/mol. The Hall–Kier alpha value is -2.71. The van der Waals surface area contributed by atoms with Gasteiger partial charge in [0.1, 0.15) is 11.6 Å². The lowest BCUT2D eigenvalue weighted by atomic mass is 9.87. The lowest BCUT2D eigenvalue weighted by Crippen LogP contribution is -2.54. The average molecular weight is 552 g/mol. The zero-order valence-corrected chi connectivity index (χ0v) is 22.0. The van der Waals surface area contributed by atoms with Crippen molar-refractivity contribution < 1.29 is 18.7 Å². The molecule has 1 saturated heterocycles. The van der Waals surface area contributed by atoms with E-state index >= 15 is 0 Å². The van der Waals surface area contributed by atoms with E-state index in [-0.39, 0.29) is 54.3 Å². The number of hydrogen-bond acceptors (Lipinski definition) is 4. The molecule has 200 valence electrons. The van der Waals surface area contributed by atoms with E-state index in [0.717, 1.165) is 37.1 Å². The molecule has 1 aliphatic rings. The second-order valence-electron chi connectivity index (χ2n) is 9.16. The van der Waals surface area contributed by atoms with E-state index < -0.39 is 6.10 Å². The summed E-state index contributed by atoms with van der Waals surface area (Å²) in [6.45, 7) is 2.03. The van der Waals surface area contributed by atoms with Crippen LogP contribution < -0.4 is 11.1 Å². The molecular formula is C28H33Cl2F2N3O2. The van der Waals surface area contributed by atoms with Gasteiger partial charge in [0, 0.05) is 30.3 Å². The van der Waals surface area contributed by atoms with Crippen molar-refractivity contribution in [2.75, 3.05) is 25.4 Å². The van der Waals surface area contributed by atoms with Gasteiger partial charge in [0.15, 0.2) is 0 Å². The molecule has 2 atom stereocenters. The summed E-state index contributed by atoms with van der Waals surface area (Å²) in [5.74, 6) is -0.763. The number of halogens is 4. The van der Waals surface area contributed by atoms with E-state index in [9.17, 15) is 18.7 Å². The maximum atomic E-state index is 13.4. The molecule has 0 spiro atoms. The van der Waals surface area contributed by atoms with Crippen LogP contribution in [0.3, 0.4) is 0 Å². The van der Waals surface area contributed by atoms with Crippen LogP contribution in [0, 0.1) is 11.6 Å². The fraction of sp³-hybridized carbons (Fsp3) is 0.321. The number of carbonyl (C=O) groups is 1. The van der Waals surface area contributed by atoms with Crippen LogP contribution >= 0.6 is 24.8 Å². The van der Waals surface area contributed by atoms with Crippen molar-refractivity contribution in [1.82, 2.24) is 10.2 Å². The monoisotopic (exact) mass is 551 g/mol. The normalized spacial score (nSPS) is 17.5. The first kappa shape index (κ1) is 30.5. The van der Waals surface area contributed by atoms with E-state index in [4.69, 9.17) is 5.73 Å². The van der Waals surface area contributed by atoms with Crippen molar-refractivity contribution in [1.29, 1.82) is 0 Å². The number of nitrogen functional groups attached to an aromatic ring is 1. The van der Waals surface area contributed by atoms with Crippen LogP contribution in [0.25, 0.3) is 0 Å². The van der Waals surface area contributed by atoms with Crippen LogP contribution in [0.1, 0.15) is 46.7 Å². The number of likely N-dealkylation sites (tertiary alicyclic amines) is 1. The van der Waals surface area contributed by atoms with Gasteiger partial charge >= 0.3 is 0 Å². The number of carbonyl (C=O) groups excluding carboxylic acids is 1. The highest BCUT2D eigenvalue weighted by molar-refractivity contribution is 5.94. The number of aliphatic hydroxyl groups is 1. The summed E-state index contributed by atoms with van der Waals surface area (Å²) >= 11 is 0. The summed E-state index contributed by atoms with van der Waals surface area (Å²) in [6, 6.07) is 19.3. The van der Waals surface area contributed by atoms with Gasteiger partial charge in [-0.3, -0.25) is 4.79 Å². The molecule has 1 heterocycles. The highest BCUT2D eigenvalue weighted by Crippen LogP contribution is 2.30. The molecule has 37 heavy (non-hydrogen) atoms. The fourth-order valence-electron chi connectivity index (χ4n) is 4.69. The van der Waals surface area contributed by atoms with Gasteiger partial charge in [-0.1, -0.05) is 24.3 Å². The number of hydrogen-bond donors (Lipinski definition) is 3. The Labute approximate surface area is 228 Å². The number of β-amino-alcohol motifs (C(OH)–C–C–N with tert-alkyl or cyclic N) is 1. The first-order valence-corrected chi connectivity index (χ1v) is 12.0. The second kappa shape index (κ2) is 14.3. The largest absolute Gasteiger partial charge is 0.399 e. The zero-order valence-electron chi connectivity index (χ0n) is 20.4. The standard InChI is InChI=1S/C28H31F2N3O2.2ClH/c29-22-9-3-19(4-10-22)25(20-5-11-23(30)12-6-20)2-1-16-33-17-15-26(27(34)18-33)32-28(35)21-7-13-24(31)14-8-21;;/h3-14,25-27,34H,1-2,15-18,31H2,(H,32,35);2*1H/t26-,27-;;/m1../s1. The highest BCUT2D eigenvalue weighted by Gasteiger charge is 2.29. The molecule has 4 N–H and O–H groups in total. The third-order valence-corrected chi connectivity index (χ3v) is 6.67. The average Bonchev–Trinajstić information content (AvgIpc) is 2.85. The summed E-state index contributed by atoms with van der Waals surface area (Å²) in [6.07, 6.45) is 1.66. The van der Waals surface area contributed by atoms with Crippen molar-refractivity contribution in [3.8, 4) is 0 Å². The van der Waals surface area contributed by atoms with Crippen molar-refractivity contribution in [2.24, 2.45) is 0 Å². The molecule has 0 radical (unpaired) electrons. The molecule has 4 rings (SSSR count). The summed E-state index contributed by atoms with van der Waals surface area (Å²) in [7, 11) is 0. The SMILES string of the molecule is Cl.Cl.Nc1ccc(C(=O)N[C@@H]2CCN(CCCC(c3ccc(F)cc3)c3ccc(F)cc3)C[C@H]2O)cc1. The molecule has 3 aromatic rings. The van der Waals surface area contributed by atoms with Gasteiger partial charge in [-0.05, 0) is 85.5 Å². The third kappa shape index (κ3) is 8.40. The van der Waals surface area contributed by atoms with Crippen LogP contribution in [-0.2, 0) is 0 Å². The Kier molecular flexibility index (Phi) is 11.8. The van der Waals surface area contributed by atoms with E-state index in [1.165, 1.54) is 24.3 Å². The molecule has 1 amide bonds. The number of nitrogens with two attached hydrogens (primary N) is 1.